The zero-order chi connectivity index (χ0) is 12.8. The van der Waals surface area contributed by atoms with Crippen molar-refractivity contribution in [1.29, 1.82) is 5.26 Å². The summed E-state index contributed by atoms with van der Waals surface area (Å²) in [6.07, 6.45) is 7.80. The molecule has 0 aromatic rings. The first-order valence-corrected chi connectivity index (χ1v) is 7.67. The Morgan fingerprint density at radius 1 is 1.22 bits per heavy atom. The average Bonchev–Trinajstić information content (AvgIpc) is 3.25. The maximum atomic E-state index is 9.12. The molecule has 0 radical (unpaired) electrons. The molecule has 0 spiro atoms. The molecule has 2 saturated carbocycles. The molecule has 2 aliphatic carbocycles. The standard InChI is InChI=1S/C15H27N3/c1-2-8-17-15(10-16)7-9-18(11-13-3-4-13)12-14-5-6-14/h13-15,17H,2-9,11-12H2,1H3. The van der Waals surface area contributed by atoms with Gasteiger partial charge in [0.1, 0.15) is 0 Å². The van der Waals surface area contributed by atoms with Crippen molar-refractivity contribution in [3.63, 3.8) is 0 Å². The van der Waals surface area contributed by atoms with Gasteiger partial charge in [-0.2, -0.15) is 5.26 Å². The van der Waals surface area contributed by atoms with E-state index in [0.29, 0.717) is 0 Å². The van der Waals surface area contributed by atoms with Crippen LogP contribution in [-0.2, 0) is 0 Å². The SMILES string of the molecule is CCCNC(C#N)CCN(CC1CC1)CC1CC1. The molecule has 0 heterocycles. The third-order valence-electron chi connectivity index (χ3n) is 3.96. The predicted octanol–water partition coefficient (Wildman–Crippen LogP) is 2.39. The first-order chi connectivity index (χ1) is 8.81. The largest absolute Gasteiger partial charge is 0.303 e. The lowest BCUT2D eigenvalue weighted by Crippen LogP contribution is -2.35. The van der Waals surface area contributed by atoms with Crippen molar-refractivity contribution < 1.29 is 0 Å². The van der Waals surface area contributed by atoms with Crippen LogP contribution in [0.3, 0.4) is 0 Å². The van der Waals surface area contributed by atoms with Gasteiger partial charge in [-0.1, -0.05) is 6.92 Å². The van der Waals surface area contributed by atoms with Gasteiger partial charge in [0.25, 0.3) is 0 Å². The number of nitrogens with zero attached hydrogens (tertiary/aromatic N) is 2. The summed E-state index contributed by atoms with van der Waals surface area (Å²) >= 11 is 0. The van der Waals surface area contributed by atoms with Crippen LogP contribution in [0.2, 0.25) is 0 Å². The van der Waals surface area contributed by atoms with Crippen LogP contribution in [0.5, 0.6) is 0 Å². The first-order valence-electron chi connectivity index (χ1n) is 7.67. The minimum Gasteiger partial charge on any atom is -0.303 e. The average molecular weight is 249 g/mol. The summed E-state index contributed by atoms with van der Waals surface area (Å²) in [5.74, 6) is 1.93. The van der Waals surface area contributed by atoms with Gasteiger partial charge in [0.15, 0.2) is 0 Å². The van der Waals surface area contributed by atoms with Gasteiger partial charge < -0.3 is 10.2 Å². The lowest BCUT2D eigenvalue weighted by Gasteiger charge is -2.23. The molecule has 3 heteroatoms. The second-order valence-electron chi connectivity index (χ2n) is 6.07. The van der Waals surface area contributed by atoms with E-state index in [0.717, 1.165) is 37.8 Å². The molecule has 0 saturated heterocycles. The Morgan fingerprint density at radius 2 is 1.83 bits per heavy atom. The van der Waals surface area contributed by atoms with E-state index < -0.39 is 0 Å². The Labute approximate surface area is 112 Å². The van der Waals surface area contributed by atoms with Crippen LogP contribution in [0, 0.1) is 23.2 Å². The highest BCUT2D eigenvalue weighted by Crippen LogP contribution is 2.33. The number of hydrogen-bond donors (Lipinski definition) is 1. The minimum atomic E-state index is 0.0471. The molecule has 2 aliphatic rings. The molecule has 1 N–H and O–H groups in total. The van der Waals surface area contributed by atoms with Gasteiger partial charge in [-0.25, -0.2) is 0 Å². The zero-order valence-electron chi connectivity index (χ0n) is 11.7. The van der Waals surface area contributed by atoms with Crippen molar-refractivity contribution in [2.45, 2.75) is 51.5 Å². The monoisotopic (exact) mass is 249 g/mol. The van der Waals surface area contributed by atoms with Crippen molar-refractivity contribution in [2.75, 3.05) is 26.2 Å². The lowest BCUT2D eigenvalue weighted by molar-refractivity contribution is 0.243. The predicted molar refractivity (Wildman–Crippen MR) is 74.2 cm³/mol. The maximum absolute atomic E-state index is 9.12. The van der Waals surface area contributed by atoms with Crippen molar-refractivity contribution in [1.82, 2.24) is 10.2 Å². The summed E-state index contributed by atoms with van der Waals surface area (Å²) in [4.78, 5) is 2.62. The molecule has 3 nitrogen and oxygen atoms in total. The smallest absolute Gasteiger partial charge is 0.0965 e. The highest BCUT2D eigenvalue weighted by atomic mass is 15.1. The summed E-state index contributed by atoms with van der Waals surface area (Å²) < 4.78 is 0. The van der Waals surface area contributed by atoms with E-state index in [2.05, 4.69) is 23.2 Å². The fraction of sp³-hybridized carbons (Fsp3) is 0.933. The topological polar surface area (TPSA) is 39.1 Å². The molecule has 102 valence electrons. The molecule has 18 heavy (non-hydrogen) atoms. The fourth-order valence-corrected chi connectivity index (χ4v) is 2.43. The molecule has 0 amide bonds. The summed E-state index contributed by atoms with van der Waals surface area (Å²) in [5.41, 5.74) is 0. The number of hydrogen-bond acceptors (Lipinski definition) is 3. The van der Waals surface area contributed by atoms with E-state index in [9.17, 15) is 0 Å². The minimum absolute atomic E-state index is 0.0471. The van der Waals surface area contributed by atoms with Gasteiger partial charge in [0.05, 0.1) is 12.1 Å². The van der Waals surface area contributed by atoms with Gasteiger partial charge in [0, 0.05) is 19.6 Å². The fourth-order valence-electron chi connectivity index (χ4n) is 2.43. The third kappa shape index (κ3) is 5.37. The summed E-state index contributed by atoms with van der Waals surface area (Å²) in [6.45, 7) is 6.77. The summed E-state index contributed by atoms with van der Waals surface area (Å²) in [7, 11) is 0. The van der Waals surface area contributed by atoms with Gasteiger partial charge in [-0.15, -0.1) is 0 Å². The van der Waals surface area contributed by atoms with Gasteiger partial charge >= 0.3 is 0 Å². The number of nitriles is 1. The molecule has 0 aromatic heterocycles. The van der Waals surface area contributed by atoms with Crippen LogP contribution >= 0.6 is 0 Å². The van der Waals surface area contributed by atoms with Crippen LogP contribution in [0.1, 0.15) is 45.4 Å². The van der Waals surface area contributed by atoms with Crippen LogP contribution in [0.15, 0.2) is 0 Å². The Bertz CT molecular complexity index is 262. The first kappa shape index (κ1) is 13.8. The van der Waals surface area contributed by atoms with Gasteiger partial charge in [-0.3, -0.25) is 0 Å². The van der Waals surface area contributed by atoms with E-state index >= 15 is 0 Å². The molecular weight excluding hydrogens is 222 g/mol. The van der Waals surface area contributed by atoms with E-state index in [1.807, 2.05) is 0 Å². The highest BCUT2D eigenvalue weighted by Gasteiger charge is 2.29. The molecule has 1 atom stereocenters. The molecule has 2 rings (SSSR count). The van der Waals surface area contributed by atoms with Crippen LogP contribution < -0.4 is 5.32 Å². The lowest BCUT2D eigenvalue weighted by atomic mass is 10.2. The quantitative estimate of drug-likeness (QED) is 0.646. The van der Waals surface area contributed by atoms with Crippen LogP contribution in [0.4, 0.5) is 0 Å². The Hall–Kier alpha value is -0.590. The van der Waals surface area contributed by atoms with Crippen molar-refractivity contribution >= 4 is 0 Å². The second-order valence-corrected chi connectivity index (χ2v) is 6.07. The van der Waals surface area contributed by atoms with Crippen LogP contribution in [0.25, 0.3) is 0 Å². The molecule has 1 unspecified atom stereocenters. The van der Waals surface area contributed by atoms with Gasteiger partial charge in [0.2, 0.25) is 0 Å². The van der Waals surface area contributed by atoms with E-state index in [1.54, 1.807) is 0 Å². The van der Waals surface area contributed by atoms with Crippen molar-refractivity contribution in [2.24, 2.45) is 11.8 Å². The van der Waals surface area contributed by atoms with E-state index in [-0.39, 0.29) is 6.04 Å². The molecule has 0 aromatic carbocycles. The molecule has 0 aliphatic heterocycles. The second kappa shape index (κ2) is 7.11. The Balaban J connectivity index is 1.67. The highest BCUT2D eigenvalue weighted by molar-refractivity contribution is 4.91. The number of rotatable bonds is 10. The van der Waals surface area contributed by atoms with Gasteiger partial charge in [-0.05, 0) is 56.9 Å². The number of nitrogens with one attached hydrogen (secondary N) is 1. The van der Waals surface area contributed by atoms with Crippen molar-refractivity contribution in [3.05, 3.63) is 0 Å². The molecule has 2 fully saturated rings. The maximum Gasteiger partial charge on any atom is 0.0965 e. The van der Waals surface area contributed by atoms with E-state index in [1.165, 1.54) is 38.8 Å². The van der Waals surface area contributed by atoms with E-state index in [4.69, 9.17) is 5.26 Å². The molecular formula is C15H27N3. The summed E-state index contributed by atoms with van der Waals surface area (Å²) in [6, 6.07) is 2.44. The molecule has 0 bridgehead atoms. The zero-order valence-corrected chi connectivity index (χ0v) is 11.7. The Morgan fingerprint density at radius 3 is 2.28 bits per heavy atom. The summed E-state index contributed by atoms with van der Waals surface area (Å²) in [5, 5.41) is 12.4. The Kier molecular flexibility index (Phi) is 5.46. The van der Waals surface area contributed by atoms with Crippen molar-refractivity contribution in [3.8, 4) is 6.07 Å². The normalized spacial score (nSPS) is 20.9. The van der Waals surface area contributed by atoms with Crippen LogP contribution in [-0.4, -0.2) is 37.1 Å². The third-order valence-corrected chi connectivity index (χ3v) is 3.96.